The molecule has 0 saturated carbocycles. The number of aliphatic hydroxyl groups excluding tert-OH is 1. The van der Waals surface area contributed by atoms with E-state index in [0.717, 1.165) is 17.0 Å². The van der Waals surface area contributed by atoms with Gasteiger partial charge in [0.25, 0.3) is 5.91 Å². The van der Waals surface area contributed by atoms with Crippen LogP contribution in [0.1, 0.15) is 28.9 Å². The minimum atomic E-state index is -0.652. The molecule has 5 rings (SSSR count). The van der Waals surface area contributed by atoms with E-state index in [1.807, 2.05) is 30.3 Å². The van der Waals surface area contributed by atoms with Crippen LogP contribution in [0.3, 0.4) is 0 Å². The molecule has 9 nitrogen and oxygen atoms in total. The number of hydrogen-bond donors (Lipinski definition) is 2. The molecule has 1 aromatic heterocycles. The van der Waals surface area contributed by atoms with Crippen LogP contribution in [-0.4, -0.2) is 54.9 Å². The average Bonchev–Trinajstić information content (AvgIpc) is 3.53. The highest BCUT2D eigenvalue weighted by Gasteiger charge is 2.31. The van der Waals surface area contributed by atoms with Gasteiger partial charge in [-0.15, -0.1) is 0 Å². The molecule has 0 bridgehead atoms. The maximum absolute atomic E-state index is 12.6. The van der Waals surface area contributed by atoms with Gasteiger partial charge in [0.15, 0.2) is 17.3 Å². The fourth-order valence-electron chi connectivity index (χ4n) is 4.15. The van der Waals surface area contributed by atoms with Crippen LogP contribution >= 0.6 is 0 Å². The molecule has 9 heteroatoms. The number of rotatable bonds is 7. The van der Waals surface area contributed by atoms with Gasteiger partial charge in [-0.25, -0.2) is 0 Å². The van der Waals surface area contributed by atoms with Crippen LogP contribution in [0.4, 0.5) is 0 Å². The van der Waals surface area contributed by atoms with E-state index < -0.39 is 12.2 Å². The van der Waals surface area contributed by atoms with Gasteiger partial charge in [0.2, 0.25) is 6.79 Å². The van der Waals surface area contributed by atoms with E-state index in [1.54, 1.807) is 25.3 Å². The minimum Gasteiger partial charge on any atom is -0.497 e. The molecular weight excluding hydrogens is 440 g/mol. The first-order valence-corrected chi connectivity index (χ1v) is 11.2. The number of benzene rings is 2. The number of fused-ring (bicyclic) bond motifs is 1. The van der Waals surface area contributed by atoms with Crippen molar-refractivity contribution in [3.05, 3.63) is 59.8 Å². The fraction of sp³-hybridized carbons (Fsp3) is 0.360. The molecule has 0 unspecified atom stereocenters. The lowest BCUT2D eigenvalue weighted by molar-refractivity contribution is -0.114. The number of amides is 1. The number of carbonyl (C=O) groups excluding carboxylic acids is 1. The summed E-state index contributed by atoms with van der Waals surface area (Å²) in [6, 6.07) is 14.5. The standard InChI is InChI=1S/C25H26N2O7/c1-30-18-5-2-15(3-6-18)22-12-17(27-34-22)11-19-7-8-20(28)24(33-19)13-26-25(29)16-4-9-21-23(10-16)32-14-31-21/h2-6,9-10,12,19-20,24,28H,7-8,11,13-14H2,1H3,(H,26,29)/t19-,20-,24+/m0/s1. The normalized spacial score (nSPS) is 21.3. The van der Waals surface area contributed by atoms with Crippen LogP contribution in [0.25, 0.3) is 11.3 Å². The first kappa shape index (κ1) is 22.2. The molecule has 2 aliphatic rings. The fourth-order valence-corrected chi connectivity index (χ4v) is 4.15. The van der Waals surface area contributed by atoms with E-state index >= 15 is 0 Å². The number of nitrogens with zero attached hydrogens (tertiary/aromatic N) is 1. The molecule has 1 fully saturated rings. The molecule has 0 radical (unpaired) electrons. The number of hydrogen-bond acceptors (Lipinski definition) is 8. The number of aromatic nitrogens is 1. The lowest BCUT2D eigenvalue weighted by atomic mass is 9.98. The summed E-state index contributed by atoms with van der Waals surface area (Å²) in [5, 5.41) is 17.4. The zero-order chi connectivity index (χ0) is 23.5. The molecule has 1 saturated heterocycles. The maximum atomic E-state index is 12.6. The summed E-state index contributed by atoms with van der Waals surface area (Å²) >= 11 is 0. The van der Waals surface area contributed by atoms with E-state index in [9.17, 15) is 9.90 Å². The van der Waals surface area contributed by atoms with Crippen molar-refractivity contribution in [1.29, 1.82) is 0 Å². The van der Waals surface area contributed by atoms with Gasteiger partial charge in [0, 0.05) is 30.2 Å². The topological polar surface area (TPSA) is 112 Å². The van der Waals surface area contributed by atoms with Gasteiger partial charge in [-0.05, 0) is 55.3 Å². The van der Waals surface area contributed by atoms with Gasteiger partial charge in [-0.3, -0.25) is 4.79 Å². The SMILES string of the molecule is COc1ccc(-c2cc(C[C@@H]3CC[C@H](O)[C@@H](CNC(=O)c4ccc5c(c4)OCO5)O3)no2)cc1. The van der Waals surface area contributed by atoms with Crippen molar-refractivity contribution in [3.63, 3.8) is 0 Å². The number of ether oxygens (including phenoxy) is 4. The van der Waals surface area contributed by atoms with Crippen molar-refractivity contribution in [2.75, 3.05) is 20.4 Å². The Hall–Kier alpha value is -3.56. The largest absolute Gasteiger partial charge is 0.497 e. The molecule has 2 N–H and O–H groups in total. The third-order valence-corrected chi connectivity index (χ3v) is 6.05. The molecule has 1 amide bonds. The van der Waals surface area contributed by atoms with Crippen molar-refractivity contribution < 1.29 is 33.4 Å². The Kier molecular flexibility index (Phi) is 6.37. The number of methoxy groups -OCH3 is 1. The van der Waals surface area contributed by atoms with Crippen LogP contribution in [-0.2, 0) is 11.2 Å². The first-order chi connectivity index (χ1) is 16.6. The summed E-state index contributed by atoms with van der Waals surface area (Å²) in [7, 11) is 1.62. The Bertz CT molecular complexity index is 1140. The van der Waals surface area contributed by atoms with E-state index in [2.05, 4.69) is 10.5 Å². The lowest BCUT2D eigenvalue weighted by Crippen LogP contribution is -2.46. The second-order valence-corrected chi connectivity index (χ2v) is 8.33. The van der Waals surface area contributed by atoms with Crippen molar-refractivity contribution in [2.24, 2.45) is 0 Å². The molecular formula is C25H26N2O7. The second kappa shape index (κ2) is 9.74. The molecule has 3 heterocycles. The van der Waals surface area contributed by atoms with Gasteiger partial charge in [-0.2, -0.15) is 0 Å². The van der Waals surface area contributed by atoms with Crippen LogP contribution in [0, 0.1) is 0 Å². The quantitative estimate of drug-likeness (QED) is 0.547. The van der Waals surface area contributed by atoms with E-state index in [4.69, 9.17) is 23.5 Å². The molecule has 0 aliphatic carbocycles. The summed E-state index contributed by atoms with van der Waals surface area (Å²) in [5.74, 6) is 2.34. The van der Waals surface area contributed by atoms with E-state index in [-0.39, 0.29) is 25.3 Å². The Morgan fingerprint density at radius 1 is 1.12 bits per heavy atom. The predicted octanol–water partition coefficient (Wildman–Crippen LogP) is 2.96. The van der Waals surface area contributed by atoms with Crippen LogP contribution in [0.2, 0.25) is 0 Å². The highest BCUT2D eigenvalue weighted by atomic mass is 16.7. The van der Waals surface area contributed by atoms with Gasteiger partial charge in [0.05, 0.1) is 25.0 Å². The number of nitrogens with one attached hydrogen (secondary N) is 1. The molecule has 0 spiro atoms. The Labute approximate surface area is 196 Å². The zero-order valence-corrected chi connectivity index (χ0v) is 18.7. The van der Waals surface area contributed by atoms with Crippen molar-refractivity contribution in [3.8, 4) is 28.6 Å². The lowest BCUT2D eigenvalue weighted by Gasteiger charge is -2.33. The van der Waals surface area contributed by atoms with Crippen molar-refractivity contribution >= 4 is 5.91 Å². The molecule has 178 valence electrons. The Morgan fingerprint density at radius 3 is 2.76 bits per heavy atom. The summed E-state index contributed by atoms with van der Waals surface area (Å²) in [6.07, 6.45) is 0.533. The van der Waals surface area contributed by atoms with E-state index in [0.29, 0.717) is 42.1 Å². The van der Waals surface area contributed by atoms with Crippen LogP contribution in [0.5, 0.6) is 17.2 Å². The zero-order valence-electron chi connectivity index (χ0n) is 18.7. The van der Waals surface area contributed by atoms with Crippen LogP contribution < -0.4 is 19.5 Å². The van der Waals surface area contributed by atoms with Crippen LogP contribution in [0.15, 0.2) is 53.1 Å². The maximum Gasteiger partial charge on any atom is 0.251 e. The molecule has 3 atom stereocenters. The van der Waals surface area contributed by atoms with Crippen molar-refractivity contribution in [2.45, 2.75) is 37.6 Å². The first-order valence-electron chi connectivity index (χ1n) is 11.2. The van der Waals surface area contributed by atoms with Crippen molar-refractivity contribution in [1.82, 2.24) is 10.5 Å². The number of carbonyl (C=O) groups is 1. The second-order valence-electron chi connectivity index (χ2n) is 8.33. The summed E-state index contributed by atoms with van der Waals surface area (Å²) in [5.41, 5.74) is 2.14. The third-order valence-electron chi connectivity index (χ3n) is 6.05. The van der Waals surface area contributed by atoms with E-state index in [1.165, 1.54) is 0 Å². The average molecular weight is 466 g/mol. The van der Waals surface area contributed by atoms with Gasteiger partial charge < -0.3 is 33.9 Å². The number of aliphatic hydroxyl groups is 1. The highest BCUT2D eigenvalue weighted by molar-refractivity contribution is 5.94. The summed E-state index contributed by atoms with van der Waals surface area (Å²) in [4.78, 5) is 12.6. The third kappa shape index (κ3) is 4.85. The van der Waals surface area contributed by atoms with Gasteiger partial charge >= 0.3 is 0 Å². The molecule has 2 aromatic carbocycles. The molecule has 2 aliphatic heterocycles. The minimum absolute atomic E-state index is 0.135. The smallest absolute Gasteiger partial charge is 0.251 e. The highest BCUT2D eigenvalue weighted by Crippen LogP contribution is 2.32. The monoisotopic (exact) mass is 466 g/mol. The summed E-state index contributed by atoms with van der Waals surface area (Å²) in [6.45, 7) is 0.345. The Balaban J connectivity index is 1.16. The molecule has 3 aromatic rings. The van der Waals surface area contributed by atoms with Gasteiger partial charge in [0.1, 0.15) is 11.9 Å². The molecule has 34 heavy (non-hydrogen) atoms. The predicted molar refractivity (Wildman–Crippen MR) is 121 cm³/mol. The summed E-state index contributed by atoms with van der Waals surface area (Å²) < 4.78 is 27.4. The van der Waals surface area contributed by atoms with Gasteiger partial charge in [-0.1, -0.05) is 5.16 Å². The Morgan fingerprint density at radius 2 is 1.94 bits per heavy atom.